The number of benzene rings is 1. The van der Waals surface area contributed by atoms with Gasteiger partial charge in [-0.05, 0) is 31.2 Å². The Morgan fingerprint density at radius 1 is 1.50 bits per heavy atom. The number of nitrogens with two attached hydrogens (primary N) is 1. The maximum Gasteiger partial charge on any atom is 0.238 e. The van der Waals surface area contributed by atoms with Crippen molar-refractivity contribution in [1.82, 2.24) is 5.32 Å². The molecule has 1 aliphatic heterocycles. The molecule has 0 bridgehead atoms. The van der Waals surface area contributed by atoms with Crippen molar-refractivity contribution in [3.63, 3.8) is 0 Å². The molecule has 18 heavy (non-hydrogen) atoms. The molecule has 1 aromatic carbocycles. The lowest BCUT2D eigenvalue weighted by Gasteiger charge is -2.16. The summed E-state index contributed by atoms with van der Waals surface area (Å²) in [5.74, 6) is 0.606. The van der Waals surface area contributed by atoms with Gasteiger partial charge >= 0.3 is 0 Å². The van der Waals surface area contributed by atoms with Gasteiger partial charge in [0.25, 0.3) is 0 Å². The summed E-state index contributed by atoms with van der Waals surface area (Å²) in [6.07, 6.45) is 0.989. The van der Waals surface area contributed by atoms with Crippen LogP contribution in [0.4, 0.5) is 5.69 Å². The maximum absolute atomic E-state index is 11.3. The van der Waals surface area contributed by atoms with Crippen LogP contribution in [0.25, 0.3) is 0 Å². The number of anilines is 1. The molecule has 1 fully saturated rings. The Bertz CT molecular complexity index is 524. The van der Waals surface area contributed by atoms with Crippen LogP contribution in [0.5, 0.6) is 5.75 Å². The van der Waals surface area contributed by atoms with Crippen molar-refractivity contribution in [3.05, 3.63) is 18.2 Å². The second-order valence-electron chi connectivity index (χ2n) is 4.24. The first-order valence-corrected chi connectivity index (χ1v) is 7.23. The second kappa shape index (κ2) is 5.13. The Balaban J connectivity index is 2.30. The summed E-state index contributed by atoms with van der Waals surface area (Å²) in [5.41, 5.74) is 0.651. The van der Waals surface area contributed by atoms with E-state index in [2.05, 4.69) is 10.6 Å². The number of sulfonamides is 1. The van der Waals surface area contributed by atoms with E-state index in [0.29, 0.717) is 11.4 Å². The highest BCUT2D eigenvalue weighted by molar-refractivity contribution is 7.89. The molecule has 0 amide bonds. The monoisotopic (exact) mass is 271 g/mol. The van der Waals surface area contributed by atoms with E-state index in [9.17, 15) is 8.42 Å². The molecule has 1 atom stereocenters. The van der Waals surface area contributed by atoms with Gasteiger partial charge in [-0.2, -0.15) is 0 Å². The number of ether oxygens (including phenoxy) is 1. The van der Waals surface area contributed by atoms with Crippen molar-refractivity contribution >= 4 is 15.7 Å². The first-order chi connectivity index (χ1) is 8.50. The lowest BCUT2D eigenvalue weighted by Crippen LogP contribution is -2.22. The van der Waals surface area contributed by atoms with Crippen molar-refractivity contribution in [2.45, 2.75) is 17.4 Å². The highest BCUT2D eigenvalue weighted by atomic mass is 32.2. The number of hydrogen-bond acceptors (Lipinski definition) is 5. The quantitative estimate of drug-likeness (QED) is 0.723. The summed E-state index contributed by atoms with van der Waals surface area (Å²) >= 11 is 0. The molecule has 1 aliphatic rings. The smallest absolute Gasteiger partial charge is 0.238 e. The molecule has 6 nitrogen and oxygen atoms in total. The zero-order valence-corrected chi connectivity index (χ0v) is 11.0. The third kappa shape index (κ3) is 2.92. The van der Waals surface area contributed by atoms with Crippen LogP contribution in [0.2, 0.25) is 0 Å². The molecule has 1 unspecified atom stereocenters. The molecule has 0 aromatic heterocycles. The molecule has 1 aromatic rings. The highest BCUT2D eigenvalue weighted by Gasteiger charge is 2.17. The van der Waals surface area contributed by atoms with E-state index in [4.69, 9.17) is 9.88 Å². The van der Waals surface area contributed by atoms with Crippen LogP contribution in [0.1, 0.15) is 6.42 Å². The van der Waals surface area contributed by atoms with E-state index >= 15 is 0 Å². The molecule has 0 radical (unpaired) electrons. The molecular weight excluding hydrogens is 254 g/mol. The molecule has 0 aliphatic carbocycles. The molecule has 0 saturated carbocycles. The van der Waals surface area contributed by atoms with Gasteiger partial charge in [0.1, 0.15) is 5.75 Å². The van der Waals surface area contributed by atoms with Crippen LogP contribution in [0.3, 0.4) is 0 Å². The predicted molar refractivity (Wildman–Crippen MR) is 69.3 cm³/mol. The largest absolute Gasteiger partial charge is 0.495 e. The predicted octanol–water partition coefficient (Wildman–Crippen LogP) is 0.116. The van der Waals surface area contributed by atoms with Crippen LogP contribution < -0.4 is 20.5 Å². The summed E-state index contributed by atoms with van der Waals surface area (Å²) in [4.78, 5) is 0.0803. The molecule has 4 N–H and O–H groups in total. The van der Waals surface area contributed by atoms with Gasteiger partial charge in [-0.1, -0.05) is 0 Å². The van der Waals surface area contributed by atoms with E-state index in [1.165, 1.54) is 12.1 Å². The average molecular weight is 271 g/mol. The first-order valence-electron chi connectivity index (χ1n) is 5.69. The molecule has 100 valence electrons. The SMILES string of the molecule is COc1ccc(S(N)(=O)=O)cc1NC1CCNC1. The molecule has 7 heteroatoms. The van der Waals surface area contributed by atoms with Crippen molar-refractivity contribution in [2.24, 2.45) is 5.14 Å². The molecule has 1 heterocycles. The summed E-state index contributed by atoms with van der Waals surface area (Å²) in [6, 6.07) is 4.82. The third-order valence-electron chi connectivity index (χ3n) is 2.92. The fraction of sp³-hybridized carbons (Fsp3) is 0.455. The summed E-state index contributed by atoms with van der Waals surface area (Å²) < 4.78 is 27.8. The van der Waals surface area contributed by atoms with Crippen LogP contribution in [0.15, 0.2) is 23.1 Å². The molecule has 1 saturated heterocycles. The van der Waals surface area contributed by atoms with E-state index in [1.54, 1.807) is 13.2 Å². The fourth-order valence-corrected chi connectivity index (χ4v) is 2.51. The lowest BCUT2D eigenvalue weighted by molar-refractivity contribution is 0.415. The van der Waals surface area contributed by atoms with E-state index in [1.807, 2.05) is 0 Å². The minimum atomic E-state index is -3.70. The van der Waals surface area contributed by atoms with Crippen LogP contribution in [-0.2, 0) is 10.0 Å². The van der Waals surface area contributed by atoms with Crippen molar-refractivity contribution in [3.8, 4) is 5.75 Å². The Labute approximate surface area is 107 Å². The van der Waals surface area contributed by atoms with E-state index in [-0.39, 0.29) is 10.9 Å². The molecule has 0 spiro atoms. The Morgan fingerprint density at radius 2 is 2.28 bits per heavy atom. The normalized spacial score (nSPS) is 19.8. The Morgan fingerprint density at radius 3 is 2.83 bits per heavy atom. The van der Waals surface area contributed by atoms with Crippen molar-refractivity contribution in [1.29, 1.82) is 0 Å². The Kier molecular flexibility index (Phi) is 3.74. The average Bonchev–Trinajstić information content (AvgIpc) is 2.80. The van der Waals surface area contributed by atoms with Crippen LogP contribution in [-0.4, -0.2) is 34.7 Å². The van der Waals surface area contributed by atoms with Gasteiger partial charge in [0, 0.05) is 12.6 Å². The number of hydrogen-bond donors (Lipinski definition) is 3. The van der Waals surface area contributed by atoms with Gasteiger partial charge in [-0.3, -0.25) is 0 Å². The van der Waals surface area contributed by atoms with Crippen LogP contribution >= 0.6 is 0 Å². The van der Waals surface area contributed by atoms with Gasteiger partial charge in [-0.15, -0.1) is 0 Å². The minimum absolute atomic E-state index is 0.0803. The summed E-state index contributed by atoms with van der Waals surface area (Å²) in [5, 5.41) is 11.6. The zero-order valence-electron chi connectivity index (χ0n) is 10.1. The summed E-state index contributed by atoms with van der Waals surface area (Å²) in [6.45, 7) is 1.80. The Hall–Kier alpha value is -1.31. The number of nitrogens with one attached hydrogen (secondary N) is 2. The van der Waals surface area contributed by atoms with E-state index in [0.717, 1.165) is 19.5 Å². The molecule has 2 rings (SSSR count). The van der Waals surface area contributed by atoms with Crippen molar-refractivity contribution in [2.75, 3.05) is 25.5 Å². The van der Waals surface area contributed by atoms with E-state index < -0.39 is 10.0 Å². The zero-order chi connectivity index (χ0) is 13.2. The number of primary sulfonamides is 1. The topological polar surface area (TPSA) is 93.5 Å². The molecular formula is C11H17N3O3S. The van der Waals surface area contributed by atoms with Gasteiger partial charge in [0.2, 0.25) is 10.0 Å². The second-order valence-corrected chi connectivity index (χ2v) is 5.80. The summed E-state index contributed by atoms with van der Waals surface area (Å²) in [7, 11) is -2.15. The minimum Gasteiger partial charge on any atom is -0.495 e. The number of rotatable bonds is 4. The fourth-order valence-electron chi connectivity index (χ4n) is 1.97. The standard InChI is InChI=1S/C11H17N3O3S/c1-17-11-3-2-9(18(12,15)16)6-10(11)14-8-4-5-13-7-8/h2-3,6,8,13-14H,4-5,7H2,1H3,(H2,12,15,16). The van der Waals surface area contributed by atoms with Gasteiger partial charge in [0.15, 0.2) is 0 Å². The maximum atomic E-state index is 11.3. The highest BCUT2D eigenvalue weighted by Crippen LogP contribution is 2.28. The first kappa shape index (κ1) is 13.1. The third-order valence-corrected chi connectivity index (χ3v) is 3.83. The van der Waals surface area contributed by atoms with Crippen molar-refractivity contribution < 1.29 is 13.2 Å². The number of methoxy groups -OCH3 is 1. The van der Waals surface area contributed by atoms with Crippen LogP contribution in [0, 0.1) is 0 Å². The lowest BCUT2D eigenvalue weighted by atomic mass is 10.2. The van der Waals surface area contributed by atoms with Gasteiger partial charge in [0.05, 0.1) is 17.7 Å². The van der Waals surface area contributed by atoms with Gasteiger partial charge < -0.3 is 15.4 Å². The van der Waals surface area contributed by atoms with Gasteiger partial charge in [-0.25, -0.2) is 13.6 Å².